The predicted octanol–water partition coefficient (Wildman–Crippen LogP) is 2.80. The molecular weight excluding hydrogens is 253 g/mol. The second-order valence-electron chi connectivity index (χ2n) is 5.24. The first-order valence-electron chi connectivity index (χ1n) is 6.82. The number of rotatable bonds is 5. The fraction of sp³-hybridized carbons (Fsp3) is 0.312. The zero-order valence-corrected chi connectivity index (χ0v) is 11.1. The van der Waals surface area contributed by atoms with Crippen molar-refractivity contribution >= 4 is 0 Å². The van der Waals surface area contributed by atoms with E-state index in [0.717, 1.165) is 6.54 Å². The van der Waals surface area contributed by atoms with Crippen molar-refractivity contribution in [2.24, 2.45) is 0 Å². The van der Waals surface area contributed by atoms with Crippen LogP contribution in [0.5, 0.6) is 0 Å². The molecule has 3 nitrogen and oxygen atoms in total. The Kier molecular flexibility index (Phi) is 3.53. The van der Waals surface area contributed by atoms with E-state index in [1.807, 2.05) is 29.1 Å². The Hall–Kier alpha value is -2.12. The van der Waals surface area contributed by atoms with E-state index in [0.29, 0.717) is 18.2 Å². The Morgan fingerprint density at radius 1 is 1.35 bits per heavy atom. The first kappa shape index (κ1) is 12.9. The van der Waals surface area contributed by atoms with E-state index < -0.39 is 5.82 Å². The normalized spacial score (nSPS) is 14.2. The molecule has 3 rings (SSSR count). The zero-order chi connectivity index (χ0) is 13.9. The maximum Gasteiger partial charge on any atom is 0.145 e. The second kappa shape index (κ2) is 5.48. The second-order valence-corrected chi connectivity index (χ2v) is 5.24. The molecule has 1 aromatic carbocycles. The van der Waals surface area contributed by atoms with Crippen LogP contribution in [-0.4, -0.2) is 10.6 Å². The third-order valence-corrected chi connectivity index (χ3v) is 3.54. The highest BCUT2D eigenvalue weighted by molar-refractivity contribution is 5.35. The molecule has 0 amide bonds. The number of aromatic nitrogens is 1. The summed E-state index contributed by atoms with van der Waals surface area (Å²) in [6, 6.07) is 9.54. The SMILES string of the molecule is N#Cc1cccc(Cn2ccc(CNC3CC3)c2)c1F. The molecule has 0 spiro atoms. The van der Waals surface area contributed by atoms with Crippen molar-refractivity contribution in [1.29, 1.82) is 5.26 Å². The average Bonchev–Trinajstić information content (AvgIpc) is 3.19. The third-order valence-electron chi connectivity index (χ3n) is 3.54. The largest absolute Gasteiger partial charge is 0.349 e. The van der Waals surface area contributed by atoms with Crippen molar-refractivity contribution < 1.29 is 4.39 Å². The van der Waals surface area contributed by atoms with Gasteiger partial charge in [-0.3, -0.25) is 0 Å². The molecule has 1 aromatic heterocycles. The van der Waals surface area contributed by atoms with E-state index in [4.69, 9.17) is 5.26 Å². The predicted molar refractivity (Wildman–Crippen MR) is 74.5 cm³/mol. The summed E-state index contributed by atoms with van der Waals surface area (Å²) in [5.74, 6) is -0.415. The molecule has 1 N–H and O–H groups in total. The van der Waals surface area contributed by atoms with Gasteiger partial charge in [0.05, 0.1) is 5.56 Å². The molecule has 1 heterocycles. The lowest BCUT2D eigenvalue weighted by Gasteiger charge is -2.06. The van der Waals surface area contributed by atoms with Crippen molar-refractivity contribution in [2.75, 3.05) is 0 Å². The lowest BCUT2D eigenvalue weighted by molar-refractivity contribution is 0.596. The summed E-state index contributed by atoms with van der Waals surface area (Å²) < 4.78 is 15.9. The van der Waals surface area contributed by atoms with Crippen LogP contribution in [0.3, 0.4) is 0 Å². The number of nitrogens with one attached hydrogen (secondary N) is 1. The van der Waals surface area contributed by atoms with E-state index in [1.54, 1.807) is 12.1 Å². The molecule has 0 aliphatic heterocycles. The molecule has 1 fully saturated rings. The maximum atomic E-state index is 14.0. The quantitative estimate of drug-likeness (QED) is 0.906. The van der Waals surface area contributed by atoms with Crippen LogP contribution in [0.1, 0.15) is 29.5 Å². The molecule has 102 valence electrons. The van der Waals surface area contributed by atoms with Crippen molar-refractivity contribution in [3.63, 3.8) is 0 Å². The third kappa shape index (κ3) is 2.89. The zero-order valence-electron chi connectivity index (χ0n) is 11.1. The van der Waals surface area contributed by atoms with Crippen molar-refractivity contribution in [3.05, 3.63) is 59.2 Å². The van der Waals surface area contributed by atoms with Gasteiger partial charge in [-0.25, -0.2) is 4.39 Å². The minimum absolute atomic E-state index is 0.102. The molecule has 0 bridgehead atoms. The molecule has 1 aliphatic carbocycles. The van der Waals surface area contributed by atoms with Crippen LogP contribution in [-0.2, 0) is 13.1 Å². The Morgan fingerprint density at radius 2 is 2.20 bits per heavy atom. The smallest absolute Gasteiger partial charge is 0.145 e. The van der Waals surface area contributed by atoms with Gasteiger partial charge in [0.1, 0.15) is 11.9 Å². The fourth-order valence-corrected chi connectivity index (χ4v) is 2.23. The fourth-order valence-electron chi connectivity index (χ4n) is 2.23. The van der Waals surface area contributed by atoms with Gasteiger partial charge in [-0.2, -0.15) is 5.26 Å². The van der Waals surface area contributed by atoms with Gasteiger partial charge < -0.3 is 9.88 Å². The summed E-state index contributed by atoms with van der Waals surface area (Å²) in [6.45, 7) is 1.31. The molecular formula is C16H16FN3. The first-order chi connectivity index (χ1) is 9.76. The lowest BCUT2D eigenvalue weighted by Crippen LogP contribution is -2.14. The van der Waals surface area contributed by atoms with Crippen LogP contribution in [0.15, 0.2) is 36.7 Å². The van der Waals surface area contributed by atoms with Crippen LogP contribution in [0.25, 0.3) is 0 Å². The minimum Gasteiger partial charge on any atom is -0.349 e. The van der Waals surface area contributed by atoms with Crippen LogP contribution < -0.4 is 5.32 Å². The number of nitriles is 1. The van der Waals surface area contributed by atoms with Crippen LogP contribution >= 0.6 is 0 Å². The topological polar surface area (TPSA) is 40.8 Å². The van der Waals surface area contributed by atoms with Gasteiger partial charge in [0.25, 0.3) is 0 Å². The summed E-state index contributed by atoms with van der Waals surface area (Å²) in [7, 11) is 0. The molecule has 1 saturated carbocycles. The monoisotopic (exact) mass is 269 g/mol. The Morgan fingerprint density at radius 3 is 2.95 bits per heavy atom. The molecule has 20 heavy (non-hydrogen) atoms. The van der Waals surface area contributed by atoms with Crippen molar-refractivity contribution in [1.82, 2.24) is 9.88 Å². The lowest BCUT2D eigenvalue weighted by atomic mass is 10.1. The maximum absolute atomic E-state index is 14.0. The van der Waals surface area contributed by atoms with E-state index in [2.05, 4.69) is 5.32 Å². The summed E-state index contributed by atoms with van der Waals surface area (Å²) in [5, 5.41) is 12.3. The highest BCUT2D eigenvalue weighted by Gasteiger charge is 2.20. The summed E-state index contributed by atoms with van der Waals surface area (Å²) >= 11 is 0. The minimum atomic E-state index is -0.415. The Bertz CT molecular complexity index is 650. The number of hydrogen-bond acceptors (Lipinski definition) is 2. The molecule has 1 aliphatic rings. The van der Waals surface area contributed by atoms with Gasteiger partial charge in [0.15, 0.2) is 0 Å². The van der Waals surface area contributed by atoms with Gasteiger partial charge in [0, 0.05) is 37.1 Å². The summed E-state index contributed by atoms with van der Waals surface area (Å²) in [6.07, 6.45) is 6.51. The average molecular weight is 269 g/mol. The van der Waals surface area contributed by atoms with Gasteiger partial charge in [-0.05, 0) is 30.5 Å². The number of halogens is 1. The van der Waals surface area contributed by atoms with E-state index in [-0.39, 0.29) is 5.56 Å². The van der Waals surface area contributed by atoms with Crippen molar-refractivity contribution in [2.45, 2.75) is 32.0 Å². The molecule has 4 heteroatoms. The van der Waals surface area contributed by atoms with Gasteiger partial charge in [-0.15, -0.1) is 0 Å². The molecule has 0 unspecified atom stereocenters. The summed E-state index contributed by atoms with van der Waals surface area (Å²) in [4.78, 5) is 0. The molecule has 0 radical (unpaired) electrons. The number of benzene rings is 1. The molecule has 0 saturated heterocycles. The van der Waals surface area contributed by atoms with Gasteiger partial charge >= 0.3 is 0 Å². The standard InChI is InChI=1S/C16H16FN3/c17-16-13(8-18)2-1-3-14(16)11-20-7-6-12(10-20)9-19-15-4-5-15/h1-3,6-7,10,15,19H,4-5,9,11H2. The number of hydrogen-bond donors (Lipinski definition) is 1. The highest BCUT2D eigenvalue weighted by Crippen LogP contribution is 2.19. The number of nitrogens with zero attached hydrogens (tertiary/aromatic N) is 2. The summed E-state index contributed by atoms with van der Waals surface area (Å²) in [5.41, 5.74) is 1.85. The highest BCUT2D eigenvalue weighted by atomic mass is 19.1. The molecule has 2 aromatic rings. The van der Waals surface area contributed by atoms with E-state index >= 15 is 0 Å². The van der Waals surface area contributed by atoms with E-state index in [1.165, 1.54) is 24.5 Å². The van der Waals surface area contributed by atoms with Crippen molar-refractivity contribution in [3.8, 4) is 6.07 Å². The van der Waals surface area contributed by atoms with Gasteiger partial charge in [0.2, 0.25) is 0 Å². The van der Waals surface area contributed by atoms with Crippen LogP contribution in [0.2, 0.25) is 0 Å². The van der Waals surface area contributed by atoms with Crippen LogP contribution in [0.4, 0.5) is 4.39 Å². The van der Waals surface area contributed by atoms with Crippen LogP contribution in [0, 0.1) is 17.1 Å². The van der Waals surface area contributed by atoms with E-state index in [9.17, 15) is 4.39 Å². The Labute approximate surface area is 117 Å². The Balaban J connectivity index is 1.69. The molecule has 0 atom stereocenters. The first-order valence-corrected chi connectivity index (χ1v) is 6.82. The van der Waals surface area contributed by atoms with Gasteiger partial charge in [-0.1, -0.05) is 12.1 Å².